The molecule has 0 amide bonds. The van der Waals surface area contributed by atoms with E-state index in [1.54, 1.807) is 0 Å². The van der Waals surface area contributed by atoms with E-state index in [1.165, 1.54) is 40.8 Å². The van der Waals surface area contributed by atoms with Gasteiger partial charge in [-0.15, -0.1) is 0 Å². The smallest absolute Gasteiger partial charge is 0.311 e. The van der Waals surface area contributed by atoms with Gasteiger partial charge in [-0.05, 0) is 45.5 Å². The van der Waals surface area contributed by atoms with Crippen molar-refractivity contribution in [2.24, 2.45) is 0 Å². The molecule has 0 bridgehead atoms. The van der Waals surface area contributed by atoms with Crippen LogP contribution in [0.5, 0.6) is 5.75 Å². The van der Waals surface area contributed by atoms with Crippen LogP contribution in [0.1, 0.15) is 45.4 Å². The number of unbranched alkanes of at least 4 members (excludes halogenated alkanes) is 4. The summed E-state index contributed by atoms with van der Waals surface area (Å²) in [5.41, 5.74) is 0. The molecule has 0 unspecified atom stereocenters. The van der Waals surface area contributed by atoms with Crippen LogP contribution in [0.2, 0.25) is 0 Å². The van der Waals surface area contributed by atoms with Crippen LogP contribution in [0, 0.1) is 0 Å². The molecule has 0 fully saturated rings. The van der Waals surface area contributed by atoms with Gasteiger partial charge >= 0.3 is 5.97 Å². The third-order valence-electron chi connectivity index (χ3n) is 5.45. The summed E-state index contributed by atoms with van der Waals surface area (Å²) in [5, 5.41) is 7.01. The van der Waals surface area contributed by atoms with E-state index in [9.17, 15) is 4.79 Å². The fraction of sp³-hybridized carbons (Fsp3) is 0.269. The van der Waals surface area contributed by atoms with Crippen LogP contribution >= 0.6 is 0 Å². The Balaban J connectivity index is 1.62. The molecular weight excluding hydrogens is 344 g/mol. The summed E-state index contributed by atoms with van der Waals surface area (Å²) in [6.07, 6.45) is 6.12. The number of esters is 1. The first kappa shape index (κ1) is 18.5. The van der Waals surface area contributed by atoms with Gasteiger partial charge in [-0.2, -0.15) is 0 Å². The van der Waals surface area contributed by atoms with Gasteiger partial charge in [0.1, 0.15) is 5.75 Å². The van der Waals surface area contributed by atoms with Crippen molar-refractivity contribution in [3.05, 3.63) is 66.7 Å². The zero-order chi connectivity index (χ0) is 19.3. The maximum Gasteiger partial charge on any atom is 0.311 e. The molecule has 0 atom stereocenters. The number of hydrogen-bond donors (Lipinski definition) is 0. The lowest BCUT2D eigenvalue weighted by Gasteiger charge is -2.11. The summed E-state index contributed by atoms with van der Waals surface area (Å²) >= 11 is 0. The SMILES string of the molecule is CCCCCCCC(=O)Oc1cccc2c1ccc1c3ccccc3ccc21. The highest BCUT2D eigenvalue weighted by Gasteiger charge is 2.11. The van der Waals surface area contributed by atoms with Gasteiger partial charge in [0.2, 0.25) is 0 Å². The molecule has 0 heterocycles. The molecule has 142 valence electrons. The zero-order valence-electron chi connectivity index (χ0n) is 16.4. The number of carbonyl (C=O) groups excluding carboxylic acids is 1. The molecule has 0 N–H and O–H groups in total. The lowest BCUT2D eigenvalue weighted by molar-refractivity contribution is -0.134. The van der Waals surface area contributed by atoms with E-state index in [0.717, 1.165) is 23.6 Å². The topological polar surface area (TPSA) is 26.3 Å². The van der Waals surface area contributed by atoms with E-state index < -0.39 is 0 Å². The molecule has 0 saturated heterocycles. The maximum absolute atomic E-state index is 12.3. The van der Waals surface area contributed by atoms with Crippen LogP contribution in [0.25, 0.3) is 32.3 Å². The van der Waals surface area contributed by atoms with Gasteiger partial charge in [0.25, 0.3) is 0 Å². The van der Waals surface area contributed by atoms with E-state index >= 15 is 0 Å². The molecule has 0 saturated carbocycles. The molecule has 28 heavy (non-hydrogen) atoms. The van der Waals surface area contributed by atoms with Crippen molar-refractivity contribution in [2.75, 3.05) is 0 Å². The molecule has 4 aromatic carbocycles. The molecule has 4 aromatic rings. The van der Waals surface area contributed by atoms with Crippen molar-refractivity contribution in [1.29, 1.82) is 0 Å². The van der Waals surface area contributed by atoms with Gasteiger partial charge in [0, 0.05) is 11.8 Å². The van der Waals surface area contributed by atoms with Crippen LogP contribution in [0.15, 0.2) is 66.7 Å². The standard InChI is InChI=1S/C26H26O2/c1-2-3-4-5-6-14-26(27)28-25-13-9-12-21-23-16-15-19-10-7-8-11-20(19)22(23)17-18-24(21)25/h7-13,15-18H,2-6,14H2,1H3. The van der Waals surface area contributed by atoms with Crippen molar-refractivity contribution in [3.8, 4) is 5.75 Å². The second kappa shape index (κ2) is 8.43. The largest absolute Gasteiger partial charge is 0.426 e. The van der Waals surface area contributed by atoms with Gasteiger partial charge in [-0.3, -0.25) is 4.79 Å². The number of fused-ring (bicyclic) bond motifs is 5. The normalized spacial score (nSPS) is 11.3. The third-order valence-corrected chi connectivity index (χ3v) is 5.45. The second-order valence-electron chi connectivity index (χ2n) is 7.44. The molecular formula is C26H26O2. The highest BCUT2D eigenvalue weighted by molar-refractivity contribution is 6.18. The fourth-order valence-corrected chi connectivity index (χ4v) is 3.96. The molecule has 2 nitrogen and oxygen atoms in total. The highest BCUT2D eigenvalue weighted by Crippen LogP contribution is 2.35. The molecule has 2 heteroatoms. The minimum Gasteiger partial charge on any atom is -0.426 e. The summed E-state index contributed by atoms with van der Waals surface area (Å²) in [5.74, 6) is 0.522. The average molecular weight is 370 g/mol. The quantitative estimate of drug-likeness (QED) is 0.146. The monoisotopic (exact) mass is 370 g/mol. The maximum atomic E-state index is 12.3. The summed E-state index contributed by atoms with van der Waals surface area (Å²) < 4.78 is 5.73. The number of ether oxygens (including phenoxy) is 1. The van der Waals surface area contributed by atoms with E-state index in [2.05, 4.69) is 61.5 Å². The van der Waals surface area contributed by atoms with E-state index in [-0.39, 0.29) is 5.97 Å². The molecule has 0 aromatic heterocycles. The Morgan fingerprint density at radius 2 is 1.36 bits per heavy atom. The highest BCUT2D eigenvalue weighted by atomic mass is 16.5. The van der Waals surface area contributed by atoms with E-state index in [0.29, 0.717) is 12.2 Å². The fourth-order valence-electron chi connectivity index (χ4n) is 3.96. The molecule has 0 aliphatic rings. The van der Waals surface area contributed by atoms with Gasteiger partial charge in [-0.25, -0.2) is 0 Å². The molecule has 0 radical (unpaired) electrons. The van der Waals surface area contributed by atoms with Crippen LogP contribution in [-0.4, -0.2) is 5.97 Å². The average Bonchev–Trinajstić information content (AvgIpc) is 2.73. The third kappa shape index (κ3) is 3.73. The predicted molar refractivity (Wildman–Crippen MR) is 118 cm³/mol. The van der Waals surface area contributed by atoms with Crippen LogP contribution in [-0.2, 0) is 4.79 Å². The van der Waals surface area contributed by atoms with Crippen molar-refractivity contribution in [1.82, 2.24) is 0 Å². The summed E-state index contributed by atoms with van der Waals surface area (Å²) in [4.78, 5) is 12.3. The molecule has 0 aliphatic carbocycles. The summed E-state index contributed by atoms with van der Waals surface area (Å²) in [6.45, 7) is 2.20. The van der Waals surface area contributed by atoms with E-state index in [1.807, 2.05) is 12.1 Å². The van der Waals surface area contributed by atoms with E-state index in [4.69, 9.17) is 4.74 Å². The Labute approximate surface area is 166 Å². The molecule has 0 aliphatic heterocycles. The van der Waals surface area contributed by atoms with Crippen molar-refractivity contribution in [3.63, 3.8) is 0 Å². The zero-order valence-corrected chi connectivity index (χ0v) is 16.4. The van der Waals surface area contributed by atoms with Gasteiger partial charge < -0.3 is 4.74 Å². The minimum absolute atomic E-state index is 0.136. The second-order valence-corrected chi connectivity index (χ2v) is 7.44. The molecule has 0 spiro atoms. The summed E-state index contributed by atoms with van der Waals surface area (Å²) in [7, 11) is 0. The number of rotatable bonds is 7. The Bertz CT molecular complexity index is 1130. The Morgan fingerprint density at radius 1 is 0.679 bits per heavy atom. The Kier molecular flexibility index (Phi) is 5.57. The van der Waals surface area contributed by atoms with Gasteiger partial charge in [0.15, 0.2) is 0 Å². The number of hydrogen-bond acceptors (Lipinski definition) is 2. The number of carbonyl (C=O) groups is 1. The van der Waals surface area contributed by atoms with Crippen molar-refractivity contribution in [2.45, 2.75) is 45.4 Å². The Hall–Kier alpha value is -2.87. The first-order chi connectivity index (χ1) is 13.8. The lowest BCUT2D eigenvalue weighted by atomic mass is 9.97. The van der Waals surface area contributed by atoms with Gasteiger partial charge in [-0.1, -0.05) is 87.2 Å². The van der Waals surface area contributed by atoms with Gasteiger partial charge in [0.05, 0.1) is 0 Å². The Morgan fingerprint density at radius 3 is 2.25 bits per heavy atom. The number of benzene rings is 4. The van der Waals surface area contributed by atoms with Crippen molar-refractivity contribution < 1.29 is 9.53 Å². The minimum atomic E-state index is -0.136. The lowest BCUT2D eigenvalue weighted by Crippen LogP contribution is -2.07. The van der Waals surface area contributed by atoms with Crippen LogP contribution < -0.4 is 4.74 Å². The van der Waals surface area contributed by atoms with Crippen LogP contribution in [0.4, 0.5) is 0 Å². The van der Waals surface area contributed by atoms with Crippen molar-refractivity contribution >= 4 is 38.3 Å². The first-order valence-electron chi connectivity index (χ1n) is 10.3. The predicted octanol–water partition coefficient (Wildman–Crippen LogP) is 7.41. The first-order valence-corrected chi connectivity index (χ1v) is 10.3. The van der Waals surface area contributed by atoms with Crippen LogP contribution in [0.3, 0.4) is 0 Å². The summed E-state index contributed by atoms with van der Waals surface area (Å²) in [6, 6.07) is 22.9. The molecule has 4 rings (SSSR count).